The number of nitrogens with one attached hydrogen (secondary N) is 1. The number of aliphatic imine (C=N–C) groups is 1. The van der Waals surface area contributed by atoms with Gasteiger partial charge in [-0.05, 0) is 23.8 Å². The minimum atomic E-state index is 0.550. The maximum absolute atomic E-state index is 6.13. The quantitative estimate of drug-likeness (QED) is 0.870. The molecule has 0 spiro atoms. The molecule has 0 fully saturated rings. The van der Waals surface area contributed by atoms with E-state index in [-0.39, 0.29) is 0 Å². The smallest absolute Gasteiger partial charge is 0.162 e. The van der Waals surface area contributed by atoms with E-state index in [1.54, 1.807) is 14.2 Å². The first kappa shape index (κ1) is 16.9. The van der Waals surface area contributed by atoms with Crippen molar-refractivity contribution in [1.82, 2.24) is 0 Å². The third-order valence-corrected chi connectivity index (χ3v) is 4.66. The molecule has 0 radical (unpaired) electrons. The van der Waals surface area contributed by atoms with Gasteiger partial charge in [0, 0.05) is 36.0 Å². The minimum absolute atomic E-state index is 0.550. The summed E-state index contributed by atoms with van der Waals surface area (Å²) >= 11 is 12.1. The van der Waals surface area contributed by atoms with Crippen molar-refractivity contribution >= 4 is 34.6 Å². The molecule has 0 aromatic heterocycles. The second kappa shape index (κ2) is 7.32. The SMILES string of the molecule is COc1cc2c(cc1OC)C(Cc1ccc(Cl)c(Cl)c1)=NCCN2. The summed E-state index contributed by atoms with van der Waals surface area (Å²) in [7, 11) is 3.26. The van der Waals surface area contributed by atoms with Gasteiger partial charge in [0.05, 0.1) is 30.8 Å². The number of methoxy groups -OCH3 is 2. The molecule has 0 unspecified atom stereocenters. The molecule has 6 heteroatoms. The zero-order chi connectivity index (χ0) is 17.1. The van der Waals surface area contributed by atoms with Gasteiger partial charge in [-0.2, -0.15) is 0 Å². The average molecular weight is 365 g/mol. The summed E-state index contributed by atoms with van der Waals surface area (Å²) in [6.45, 7) is 1.48. The average Bonchev–Trinajstić information content (AvgIpc) is 2.78. The van der Waals surface area contributed by atoms with Crippen LogP contribution in [0.4, 0.5) is 5.69 Å². The lowest BCUT2D eigenvalue weighted by Crippen LogP contribution is -2.08. The second-order valence-corrected chi connectivity index (χ2v) is 6.25. The Labute approximate surface area is 151 Å². The Hall–Kier alpha value is -1.91. The van der Waals surface area contributed by atoms with Crippen LogP contribution in [0.2, 0.25) is 10.0 Å². The maximum atomic E-state index is 6.13. The lowest BCUT2D eigenvalue weighted by molar-refractivity contribution is 0.355. The Bertz CT molecular complexity index is 791. The van der Waals surface area contributed by atoms with Gasteiger partial charge in [-0.3, -0.25) is 4.99 Å². The molecule has 3 rings (SSSR count). The molecule has 0 saturated carbocycles. The first-order valence-corrected chi connectivity index (χ1v) is 8.35. The summed E-state index contributed by atoms with van der Waals surface area (Å²) in [6, 6.07) is 9.57. The van der Waals surface area contributed by atoms with Crippen LogP contribution in [-0.2, 0) is 6.42 Å². The van der Waals surface area contributed by atoms with Crippen LogP contribution in [-0.4, -0.2) is 33.0 Å². The van der Waals surface area contributed by atoms with Crippen molar-refractivity contribution in [1.29, 1.82) is 0 Å². The molecular formula is C18H18Cl2N2O2. The van der Waals surface area contributed by atoms with E-state index in [0.717, 1.165) is 29.1 Å². The van der Waals surface area contributed by atoms with Gasteiger partial charge in [0.25, 0.3) is 0 Å². The van der Waals surface area contributed by atoms with Gasteiger partial charge in [-0.15, -0.1) is 0 Å². The highest BCUT2D eigenvalue weighted by Crippen LogP contribution is 2.35. The van der Waals surface area contributed by atoms with Crippen LogP contribution in [0.3, 0.4) is 0 Å². The largest absolute Gasteiger partial charge is 0.493 e. The van der Waals surface area contributed by atoms with E-state index in [0.29, 0.717) is 34.5 Å². The van der Waals surface area contributed by atoms with Gasteiger partial charge in [0.2, 0.25) is 0 Å². The molecule has 1 aliphatic heterocycles. The van der Waals surface area contributed by atoms with Gasteiger partial charge in [0.15, 0.2) is 11.5 Å². The highest BCUT2D eigenvalue weighted by Gasteiger charge is 2.18. The zero-order valence-electron chi connectivity index (χ0n) is 13.5. The fourth-order valence-electron chi connectivity index (χ4n) is 2.72. The Balaban J connectivity index is 2.00. The van der Waals surface area contributed by atoms with Crippen LogP contribution in [0.15, 0.2) is 35.3 Å². The number of nitrogens with zero attached hydrogens (tertiary/aromatic N) is 1. The summed E-state index contributed by atoms with van der Waals surface area (Å²) in [5, 5.41) is 4.49. The van der Waals surface area contributed by atoms with Crippen LogP contribution in [0.5, 0.6) is 11.5 Å². The summed E-state index contributed by atoms with van der Waals surface area (Å²) in [6.07, 6.45) is 0.668. The van der Waals surface area contributed by atoms with Gasteiger partial charge in [-0.1, -0.05) is 29.3 Å². The molecule has 2 aromatic carbocycles. The summed E-state index contributed by atoms with van der Waals surface area (Å²) in [5.74, 6) is 1.38. The van der Waals surface area contributed by atoms with Crippen molar-refractivity contribution in [2.75, 3.05) is 32.6 Å². The third-order valence-electron chi connectivity index (χ3n) is 3.92. The third kappa shape index (κ3) is 3.45. The number of benzodiazepines with no additional fused rings is 1. The van der Waals surface area contributed by atoms with E-state index in [9.17, 15) is 0 Å². The summed E-state index contributed by atoms with van der Waals surface area (Å²) < 4.78 is 10.8. The number of anilines is 1. The molecule has 0 amide bonds. The number of fused-ring (bicyclic) bond motifs is 1. The highest BCUT2D eigenvalue weighted by atomic mass is 35.5. The van der Waals surface area contributed by atoms with Crippen LogP contribution in [0.25, 0.3) is 0 Å². The summed E-state index contributed by atoms with van der Waals surface area (Å²) in [5.41, 5.74) is 4.04. The molecular weight excluding hydrogens is 347 g/mol. The van der Waals surface area contributed by atoms with Crippen molar-refractivity contribution in [3.63, 3.8) is 0 Å². The van der Waals surface area contributed by atoms with Crippen molar-refractivity contribution < 1.29 is 9.47 Å². The molecule has 1 heterocycles. The van der Waals surface area contributed by atoms with Crippen molar-refractivity contribution in [3.8, 4) is 11.5 Å². The molecule has 4 nitrogen and oxygen atoms in total. The Morgan fingerprint density at radius 1 is 1.04 bits per heavy atom. The molecule has 0 bridgehead atoms. The molecule has 0 aliphatic carbocycles. The van der Waals surface area contributed by atoms with Crippen LogP contribution in [0.1, 0.15) is 11.1 Å². The van der Waals surface area contributed by atoms with E-state index >= 15 is 0 Å². The molecule has 24 heavy (non-hydrogen) atoms. The van der Waals surface area contributed by atoms with Crippen molar-refractivity contribution in [3.05, 3.63) is 51.5 Å². The molecule has 0 saturated heterocycles. The fourth-order valence-corrected chi connectivity index (χ4v) is 3.05. The Morgan fingerprint density at radius 2 is 1.79 bits per heavy atom. The lowest BCUT2D eigenvalue weighted by Gasteiger charge is -2.15. The number of hydrogen-bond acceptors (Lipinski definition) is 4. The van der Waals surface area contributed by atoms with Gasteiger partial charge >= 0.3 is 0 Å². The number of halogens is 2. The van der Waals surface area contributed by atoms with E-state index in [4.69, 9.17) is 37.7 Å². The van der Waals surface area contributed by atoms with Crippen LogP contribution >= 0.6 is 23.2 Å². The predicted octanol–water partition coefficient (Wildman–Crippen LogP) is 4.47. The van der Waals surface area contributed by atoms with Gasteiger partial charge < -0.3 is 14.8 Å². The molecule has 126 valence electrons. The normalized spacial score (nSPS) is 13.4. The maximum Gasteiger partial charge on any atom is 0.162 e. The monoisotopic (exact) mass is 364 g/mol. The van der Waals surface area contributed by atoms with E-state index in [1.165, 1.54) is 0 Å². The number of hydrogen-bond donors (Lipinski definition) is 1. The standard InChI is InChI=1S/C18H18Cl2N2O2/c1-23-17-9-12-15(8-11-3-4-13(19)14(20)7-11)21-5-6-22-16(12)10-18(17)24-2/h3-4,7,9-10,22H,5-6,8H2,1-2H3. The fraction of sp³-hybridized carbons (Fsp3) is 0.278. The van der Waals surface area contributed by atoms with Gasteiger partial charge in [-0.25, -0.2) is 0 Å². The molecule has 0 atom stereocenters. The number of rotatable bonds is 4. The van der Waals surface area contributed by atoms with Crippen molar-refractivity contribution in [2.24, 2.45) is 4.99 Å². The highest BCUT2D eigenvalue weighted by molar-refractivity contribution is 6.42. The predicted molar refractivity (Wildman–Crippen MR) is 99.6 cm³/mol. The lowest BCUT2D eigenvalue weighted by atomic mass is 10.00. The first-order valence-electron chi connectivity index (χ1n) is 7.60. The molecule has 1 aliphatic rings. The Morgan fingerprint density at radius 3 is 2.50 bits per heavy atom. The van der Waals surface area contributed by atoms with E-state index in [2.05, 4.69) is 5.32 Å². The van der Waals surface area contributed by atoms with Crippen LogP contribution < -0.4 is 14.8 Å². The first-order chi connectivity index (χ1) is 11.6. The number of ether oxygens (including phenoxy) is 2. The van der Waals surface area contributed by atoms with Crippen molar-refractivity contribution in [2.45, 2.75) is 6.42 Å². The zero-order valence-corrected chi connectivity index (χ0v) is 15.0. The molecule has 2 aromatic rings. The van der Waals surface area contributed by atoms with Gasteiger partial charge in [0.1, 0.15) is 0 Å². The minimum Gasteiger partial charge on any atom is -0.493 e. The summed E-state index contributed by atoms with van der Waals surface area (Å²) in [4.78, 5) is 4.72. The molecule has 1 N–H and O–H groups in total. The van der Waals surface area contributed by atoms with E-state index < -0.39 is 0 Å². The topological polar surface area (TPSA) is 42.9 Å². The Kier molecular flexibility index (Phi) is 5.17. The van der Waals surface area contributed by atoms with E-state index in [1.807, 2.05) is 30.3 Å². The number of benzene rings is 2. The van der Waals surface area contributed by atoms with Crippen LogP contribution in [0, 0.1) is 0 Å². The second-order valence-electron chi connectivity index (χ2n) is 5.43.